The van der Waals surface area contributed by atoms with Crippen molar-refractivity contribution in [2.24, 2.45) is 0 Å². The third kappa shape index (κ3) is 25.0. The number of ether oxygens (including phenoxy) is 1. The van der Waals surface area contributed by atoms with E-state index < -0.39 is 4.30 Å². The van der Waals surface area contributed by atoms with Crippen molar-refractivity contribution < 1.29 is 4.74 Å². The monoisotopic (exact) mass is 312 g/mol. The van der Waals surface area contributed by atoms with Gasteiger partial charge in [-0.3, -0.25) is 0 Å². The van der Waals surface area contributed by atoms with E-state index in [9.17, 15) is 0 Å². The minimum absolute atomic E-state index is 0.375. The molecule has 18 heavy (non-hydrogen) atoms. The molecule has 0 saturated carbocycles. The topological polar surface area (TPSA) is 9.23 Å². The predicted octanol–water partition coefficient (Wildman–Crippen LogP) is 5.80. The van der Waals surface area contributed by atoms with Crippen molar-refractivity contribution in [2.45, 2.75) is 51.1 Å². The summed E-state index contributed by atoms with van der Waals surface area (Å²) in [5, 5.41) is 0. The third-order valence-electron chi connectivity index (χ3n) is 1.48. The first-order chi connectivity index (χ1) is 8.25. The summed E-state index contributed by atoms with van der Waals surface area (Å²) in [6.45, 7) is 10.2. The molecule has 0 aromatic heterocycles. The standard InChI is InChI=1S/C7H8.C6H14O.CHCl3/c1-7-5-3-2-4-6-7;1-5(2)7-6(3)4;2-1(3)4/h2-6H,1H3;5-6H,1-4H3;1H. The first-order valence-electron chi connectivity index (χ1n) is 5.85. The van der Waals surface area contributed by atoms with E-state index in [1.807, 2.05) is 45.9 Å². The fraction of sp³-hybridized carbons (Fsp3) is 0.571. The fourth-order valence-electron chi connectivity index (χ4n) is 1.08. The van der Waals surface area contributed by atoms with Crippen LogP contribution >= 0.6 is 34.8 Å². The molecule has 0 atom stereocenters. The molecule has 0 aliphatic carbocycles. The maximum atomic E-state index is 5.25. The molecule has 0 unspecified atom stereocenters. The van der Waals surface area contributed by atoms with Crippen molar-refractivity contribution in [1.82, 2.24) is 0 Å². The Morgan fingerprint density at radius 1 is 0.833 bits per heavy atom. The second-order valence-electron chi connectivity index (χ2n) is 4.14. The second kappa shape index (κ2) is 13.5. The van der Waals surface area contributed by atoms with Crippen LogP contribution < -0.4 is 0 Å². The SMILES string of the molecule is CC(C)OC(C)C.Cc1ccccc1.ClC(Cl)Cl. The molecule has 0 saturated heterocycles. The summed E-state index contributed by atoms with van der Waals surface area (Å²) >= 11 is 14.4. The lowest BCUT2D eigenvalue weighted by Crippen LogP contribution is -2.09. The van der Waals surface area contributed by atoms with Crippen molar-refractivity contribution in [3.05, 3.63) is 35.9 Å². The maximum absolute atomic E-state index is 5.25. The van der Waals surface area contributed by atoms with Crippen molar-refractivity contribution in [3.8, 4) is 0 Å². The number of hydrogen-bond donors (Lipinski definition) is 0. The first kappa shape index (κ1) is 20.4. The maximum Gasteiger partial charge on any atom is 0.180 e. The van der Waals surface area contributed by atoms with Crippen molar-refractivity contribution in [1.29, 1.82) is 0 Å². The van der Waals surface area contributed by atoms with E-state index in [-0.39, 0.29) is 0 Å². The van der Waals surface area contributed by atoms with Gasteiger partial charge in [-0.1, -0.05) is 70.7 Å². The number of hydrogen-bond acceptors (Lipinski definition) is 1. The van der Waals surface area contributed by atoms with Crippen LogP contribution in [0.2, 0.25) is 0 Å². The van der Waals surface area contributed by atoms with Gasteiger partial charge in [0.2, 0.25) is 0 Å². The first-order valence-corrected chi connectivity index (χ1v) is 7.16. The van der Waals surface area contributed by atoms with Crippen LogP contribution in [-0.2, 0) is 4.74 Å². The Labute approximate surface area is 126 Å². The number of rotatable bonds is 2. The molecule has 0 aliphatic rings. The highest BCUT2D eigenvalue weighted by atomic mass is 35.6. The van der Waals surface area contributed by atoms with Crippen LogP contribution in [0, 0.1) is 6.92 Å². The smallest absolute Gasteiger partial charge is 0.180 e. The minimum Gasteiger partial charge on any atom is -0.376 e. The zero-order valence-electron chi connectivity index (χ0n) is 11.7. The fourth-order valence-corrected chi connectivity index (χ4v) is 1.08. The molecule has 0 N–H and O–H groups in total. The van der Waals surface area contributed by atoms with Gasteiger partial charge >= 0.3 is 0 Å². The van der Waals surface area contributed by atoms with Gasteiger partial charge in [0.25, 0.3) is 0 Å². The molecule has 0 aliphatic heterocycles. The van der Waals surface area contributed by atoms with E-state index in [0.717, 1.165) is 0 Å². The van der Waals surface area contributed by atoms with Crippen LogP contribution in [0.1, 0.15) is 33.3 Å². The van der Waals surface area contributed by atoms with Crippen LogP contribution in [-0.4, -0.2) is 16.5 Å². The lowest BCUT2D eigenvalue weighted by Gasteiger charge is -2.09. The van der Waals surface area contributed by atoms with Gasteiger partial charge in [-0.15, -0.1) is 0 Å². The molecule has 0 heterocycles. The molecule has 0 spiro atoms. The lowest BCUT2D eigenvalue weighted by atomic mass is 10.2. The Morgan fingerprint density at radius 2 is 1.17 bits per heavy atom. The molecular weight excluding hydrogens is 291 g/mol. The molecule has 1 aromatic carbocycles. The Kier molecular flexibility index (Phi) is 15.3. The average molecular weight is 314 g/mol. The highest BCUT2D eigenvalue weighted by Crippen LogP contribution is 2.03. The molecule has 1 rings (SSSR count). The van der Waals surface area contributed by atoms with Crippen molar-refractivity contribution >= 4 is 34.8 Å². The van der Waals surface area contributed by atoms with Crippen LogP contribution in [0.3, 0.4) is 0 Å². The highest BCUT2D eigenvalue weighted by Gasteiger charge is 1.94. The second-order valence-corrected chi connectivity index (χ2v) is 6.12. The number of alkyl halides is 3. The number of benzene rings is 1. The van der Waals surface area contributed by atoms with Gasteiger partial charge in [-0.05, 0) is 34.6 Å². The minimum atomic E-state index is -0.750. The summed E-state index contributed by atoms with van der Waals surface area (Å²) < 4.78 is 4.50. The van der Waals surface area contributed by atoms with E-state index >= 15 is 0 Å². The molecule has 0 amide bonds. The van der Waals surface area contributed by atoms with Gasteiger partial charge < -0.3 is 4.74 Å². The Bertz CT molecular complexity index is 252. The van der Waals surface area contributed by atoms with Crippen LogP contribution in [0.4, 0.5) is 0 Å². The Hall–Kier alpha value is 0.0500. The van der Waals surface area contributed by atoms with E-state index in [0.29, 0.717) is 12.2 Å². The molecule has 106 valence electrons. The van der Waals surface area contributed by atoms with Gasteiger partial charge in [-0.25, -0.2) is 0 Å². The number of aryl methyl sites for hydroxylation is 1. The largest absolute Gasteiger partial charge is 0.376 e. The normalized spacial score (nSPS) is 9.72. The van der Waals surface area contributed by atoms with Crippen LogP contribution in [0.5, 0.6) is 0 Å². The molecule has 0 radical (unpaired) electrons. The summed E-state index contributed by atoms with van der Waals surface area (Å²) in [6, 6.07) is 10.3. The molecule has 1 aromatic rings. The highest BCUT2D eigenvalue weighted by molar-refractivity contribution is 6.63. The van der Waals surface area contributed by atoms with Crippen LogP contribution in [0.25, 0.3) is 0 Å². The lowest BCUT2D eigenvalue weighted by molar-refractivity contribution is 0.0300. The van der Waals surface area contributed by atoms with E-state index in [2.05, 4.69) is 19.1 Å². The zero-order valence-corrected chi connectivity index (χ0v) is 13.9. The quantitative estimate of drug-likeness (QED) is 0.627. The van der Waals surface area contributed by atoms with Crippen molar-refractivity contribution in [2.75, 3.05) is 0 Å². The van der Waals surface area contributed by atoms with E-state index in [4.69, 9.17) is 39.5 Å². The molecule has 1 nitrogen and oxygen atoms in total. The zero-order chi connectivity index (χ0) is 14.6. The predicted molar refractivity (Wildman–Crippen MR) is 83.9 cm³/mol. The van der Waals surface area contributed by atoms with Gasteiger partial charge in [0.15, 0.2) is 4.30 Å². The Morgan fingerprint density at radius 3 is 1.28 bits per heavy atom. The van der Waals surface area contributed by atoms with Crippen molar-refractivity contribution in [3.63, 3.8) is 0 Å². The van der Waals surface area contributed by atoms with E-state index in [1.54, 1.807) is 0 Å². The average Bonchev–Trinajstić information content (AvgIpc) is 2.16. The molecule has 0 fully saturated rings. The third-order valence-corrected chi connectivity index (χ3v) is 1.48. The summed E-state index contributed by atoms with van der Waals surface area (Å²) in [7, 11) is 0. The summed E-state index contributed by atoms with van der Waals surface area (Å²) in [6.07, 6.45) is 0.750. The summed E-state index contributed by atoms with van der Waals surface area (Å²) in [5.41, 5.74) is 1.32. The molecule has 4 heteroatoms. The van der Waals surface area contributed by atoms with Gasteiger partial charge in [0, 0.05) is 0 Å². The van der Waals surface area contributed by atoms with Gasteiger partial charge in [0.1, 0.15) is 0 Å². The summed E-state index contributed by atoms with van der Waals surface area (Å²) in [5.74, 6) is 0. The van der Waals surface area contributed by atoms with Gasteiger partial charge in [-0.2, -0.15) is 0 Å². The van der Waals surface area contributed by atoms with E-state index in [1.165, 1.54) is 5.56 Å². The van der Waals surface area contributed by atoms with Gasteiger partial charge in [0.05, 0.1) is 12.2 Å². The molecular formula is C14H23Cl3O. The molecule has 0 bridgehead atoms. The Balaban J connectivity index is 0. The van der Waals surface area contributed by atoms with Crippen LogP contribution in [0.15, 0.2) is 30.3 Å². The number of halogens is 3. The summed E-state index contributed by atoms with van der Waals surface area (Å²) in [4.78, 5) is 0.